The van der Waals surface area contributed by atoms with E-state index in [-0.39, 0.29) is 11.3 Å². The fraction of sp³-hybridized carbons (Fsp3) is 0.286. The Morgan fingerprint density at radius 1 is 1.62 bits per heavy atom. The van der Waals surface area contributed by atoms with Gasteiger partial charge in [0, 0.05) is 6.07 Å². The highest BCUT2D eigenvalue weighted by molar-refractivity contribution is 5.33. The van der Waals surface area contributed by atoms with Crippen LogP contribution in [0.2, 0.25) is 0 Å². The normalized spacial score (nSPS) is 10.5. The van der Waals surface area contributed by atoms with Crippen LogP contribution in [0.3, 0.4) is 0 Å². The van der Waals surface area contributed by atoms with Crippen molar-refractivity contribution in [1.29, 1.82) is 0 Å². The van der Waals surface area contributed by atoms with Gasteiger partial charge in [-0.1, -0.05) is 0 Å². The zero-order valence-corrected chi connectivity index (χ0v) is 6.70. The highest BCUT2D eigenvalue weighted by Gasteiger charge is 2.15. The molecule has 0 fully saturated rings. The average molecular weight is 188 g/mol. The van der Waals surface area contributed by atoms with E-state index >= 15 is 0 Å². The summed E-state index contributed by atoms with van der Waals surface area (Å²) in [6.07, 6.45) is -1.87. The number of aromatic nitrogens is 1. The van der Waals surface area contributed by atoms with Gasteiger partial charge in [-0.25, -0.2) is 13.8 Å². The molecule has 0 aliphatic rings. The standard InChI is InChI=1S/C7H6F2N2O2/c1-4-2-5(11(12)13)3-10-6(4)7(8)9/h2-3,7H,1H3. The van der Waals surface area contributed by atoms with Crippen LogP contribution in [-0.4, -0.2) is 9.91 Å². The van der Waals surface area contributed by atoms with Gasteiger partial charge < -0.3 is 0 Å². The molecule has 0 saturated heterocycles. The fourth-order valence-electron chi connectivity index (χ4n) is 0.899. The predicted octanol–water partition coefficient (Wildman–Crippen LogP) is 2.24. The van der Waals surface area contributed by atoms with E-state index in [0.717, 1.165) is 12.3 Å². The monoisotopic (exact) mass is 188 g/mol. The summed E-state index contributed by atoms with van der Waals surface area (Å²) < 4.78 is 24.3. The Balaban J connectivity index is 3.13. The molecule has 1 heterocycles. The van der Waals surface area contributed by atoms with Gasteiger partial charge in [0.25, 0.3) is 12.1 Å². The lowest BCUT2D eigenvalue weighted by Crippen LogP contribution is -1.97. The lowest BCUT2D eigenvalue weighted by atomic mass is 10.2. The van der Waals surface area contributed by atoms with Crippen LogP contribution in [-0.2, 0) is 0 Å². The van der Waals surface area contributed by atoms with Crippen molar-refractivity contribution in [3.05, 3.63) is 33.6 Å². The Kier molecular flexibility index (Phi) is 2.50. The molecular formula is C7H6F2N2O2. The third-order valence-corrected chi connectivity index (χ3v) is 1.52. The number of nitro groups is 1. The second kappa shape index (κ2) is 3.42. The molecule has 0 aliphatic heterocycles. The summed E-state index contributed by atoms with van der Waals surface area (Å²) in [4.78, 5) is 12.8. The molecule has 4 nitrogen and oxygen atoms in total. The third kappa shape index (κ3) is 1.95. The van der Waals surface area contributed by atoms with Gasteiger partial charge in [-0.05, 0) is 12.5 Å². The minimum absolute atomic E-state index is 0.129. The molecule has 0 aromatic carbocycles. The Morgan fingerprint density at radius 2 is 2.23 bits per heavy atom. The van der Waals surface area contributed by atoms with E-state index in [0.29, 0.717) is 0 Å². The van der Waals surface area contributed by atoms with Crippen LogP contribution in [0.15, 0.2) is 12.3 Å². The molecule has 1 aromatic heterocycles. The summed E-state index contributed by atoms with van der Waals surface area (Å²) in [6, 6.07) is 1.08. The topological polar surface area (TPSA) is 56.0 Å². The number of hydrogen-bond acceptors (Lipinski definition) is 3. The van der Waals surface area contributed by atoms with Crippen molar-refractivity contribution >= 4 is 5.69 Å². The quantitative estimate of drug-likeness (QED) is 0.528. The zero-order chi connectivity index (χ0) is 10.0. The smallest absolute Gasteiger partial charge is 0.258 e. The molecule has 70 valence electrons. The van der Waals surface area contributed by atoms with E-state index in [9.17, 15) is 18.9 Å². The minimum Gasteiger partial charge on any atom is -0.258 e. The highest BCUT2D eigenvalue weighted by atomic mass is 19.3. The summed E-state index contributed by atoms with van der Waals surface area (Å²) >= 11 is 0. The molecular weight excluding hydrogens is 182 g/mol. The first-order valence-electron chi connectivity index (χ1n) is 3.41. The van der Waals surface area contributed by atoms with Crippen LogP contribution in [0, 0.1) is 17.0 Å². The highest BCUT2D eigenvalue weighted by Crippen LogP contribution is 2.22. The number of alkyl halides is 2. The molecule has 0 N–H and O–H groups in total. The van der Waals surface area contributed by atoms with Gasteiger partial charge in [-0.2, -0.15) is 0 Å². The van der Waals surface area contributed by atoms with Gasteiger partial charge in [0.05, 0.1) is 4.92 Å². The van der Waals surface area contributed by atoms with Crippen molar-refractivity contribution in [2.24, 2.45) is 0 Å². The SMILES string of the molecule is Cc1cc([N+](=O)[O-])cnc1C(F)F. The molecule has 0 aliphatic carbocycles. The fourth-order valence-corrected chi connectivity index (χ4v) is 0.899. The lowest BCUT2D eigenvalue weighted by molar-refractivity contribution is -0.385. The second-order valence-corrected chi connectivity index (χ2v) is 2.45. The first-order chi connectivity index (χ1) is 6.02. The predicted molar refractivity (Wildman–Crippen MR) is 40.6 cm³/mol. The Bertz CT molecular complexity index is 341. The van der Waals surface area contributed by atoms with Gasteiger partial charge in [0.15, 0.2) is 0 Å². The number of aryl methyl sites for hydroxylation is 1. The van der Waals surface area contributed by atoms with Crippen molar-refractivity contribution in [2.75, 3.05) is 0 Å². The molecule has 1 rings (SSSR count). The van der Waals surface area contributed by atoms with Crippen LogP contribution in [0.5, 0.6) is 0 Å². The van der Waals surface area contributed by atoms with Gasteiger partial charge in [0.2, 0.25) is 0 Å². The second-order valence-electron chi connectivity index (χ2n) is 2.45. The van der Waals surface area contributed by atoms with Crippen LogP contribution in [0.25, 0.3) is 0 Å². The van der Waals surface area contributed by atoms with E-state index in [1.54, 1.807) is 0 Å². The summed E-state index contributed by atoms with van der Waals surface area (Å²) in [5, 5.41) is 10.2. The van der Waals surface area contributed by atoms with Crippen molar-refractivity contribution in [2.45, 2.75) is 13.3 Å². The van der Waals surface area contributed by atoms with E-state index in [2.05, 4.69) is 4.98 Å². The number of nitrogens with zero attached hydrogens (tertiary/aromatic N) is 2. The Hall–Kier alpha value is -1.59. The van der Waals surface area contributed by atoms with E-state index < -0.39 is 17.0 Å². The molecule has 13 heavy (non-hydrogen) atoms. The summed E-state index contributed by atoms with van der Waals surface area (Å²) in [5.74, 6) is 0. The van der Waals surface area contributed by atoms with Gasteiger partial charge in [0.1, 0.15) is 11.9 Å². The van der Waals surface area contributed by atoms with Crippen molar-refractivity contribution < 1.29 is 13.7 Å². The molecule has 0 radical (unpaired) electrons. The van der Waals surface area contributed by atoms with E-state index in [1.165, 1.54) is 6.92 Å². The minimum atomic E-state index is -2.69. The maximum atomic E-state index is 12.1. The van der Waals surface area contributed by atoms with Crippen LogP contribution in [0.1, 0.15) is 17.7 Å². The Labute approximate surface area is 72.4 Å². The molecule has 0 bridgehead atoms. The maximum Gasteiger partial charge on any atom is 0.287 e. The van der Waals surface area contributed by atoms with Gasteiger partial charge in [-0.15, -0.1) is 0 Å². The maximum absolute atomic E-state index is 12.1. The average Bonchev–Trinajstić information content (AvgIpc) is 2.03. The van der Waals surface area contributed by atoms with E-state index in [4.69, 9.17) is 0 Å². The zero-order valence-electron chi connectivity index (χ0n) is 6.70. The van der Waals surface area contributed by atoms with Crippen molar-refractivity contribution in [3.63, 3.8) is 0 Å². The third-order valence-electron chi connectivity index (χ3n) is 1.52. The van der Waals surface area contributed by atoms with Crippen LogP contribution >= 0.6 is 0 Å². The molecule has 0 saturated carbocycles. The largest absolute Gasteiger partial charge is 0.287 e. The molecule has 0 amide bonds. The number of rotatable bonds is 2. The molecule has 1 aromatic rings. The molecule has 6 heteroatoms. The molecule has 0 unspecified atom stereocenters. The first kappa shape index (κ1) is 9.50. The van der Waals surface area contributed by atoms with Crippen molar-refractivity contribution in [3.8, 4) is 0 Å². The molecule has 0 atom stereocenters. The van der Waals surface area contributed by atoms with Crippen LogP contribution < -0.4 is 0 Å². The molecule has 0 spiro atoms. The van der Waals surface area contributed by atoms with Crippen LogP contribution in [0.4, 0.5) is 14.5 Å². The first-order valence-corrected chi connectivity index (χ1v) is 3.41. The van der Waals surface area contributed by atoms with Gasteiger partial charge in [-0.3, -0.25) is 10.1 Å². The number of hydrogen-bond donors (Lipinski definition) is 0. The number of pyridine rings is 1. The summed E-state index contributed by atoms with van der Waals surface area (Å²) in [7, 11) is 0. The lowest BCUT2D eigenvalue weighted by Gasteiger charge is -2.01. The van der Waals surface area contributed by atoms with Crippen molar-refractivity contribution in [1.82, 2.24) is 4.98 Å². The number of halogens is 2. The van der Waals surface area contributed by atoms with E-state index in [1.807, 2.05) is 0 Å². The van der Waals surface area contributed by atoms with Gasteiger partial charge >= 0.3 is 0 Å². The summed E-state index contributed by atoms with van der Waals surface area (Å²) in [6.45, 7) is 1.36. The summed E-state index contributed by atoms with van der Waals surface area (Å²) in [5.41, 5.74) is -0.559. The Morgan fingerprint density at radius 3 is 2.62 bits per heavy atom.